The largest absolute Gasteiger partial charge is 0.380 e. The third kappa shape index (κ3) is 3.16. The zero-order valence-corrected chi connectivity index (χ0v) is 11.5. The molecule has 0 aliphatic carbocycles. The van der Waals surface area contributed by atoms with Gasteiger partial charge in [-0.2, -0.15) is 0 Å². The fraction of sp³-hybridized carbons (Fsp3) is 0.231. The highest BCUT2D eigenvalue weighted by molar-refractivity contribution is 6.08. The van der Waals surface area contributed by atoms with Crippen LogP contribution < -0.4 is 10.6 Å². The highest BCUT2D eigenvalue weighted by Gasteiger charge is 2.24. The molecule has 0 fully saturated rings. The van der Waals surface area contributed by atoms with Crippen molar-refractivity contribution in [1.29, 1.82) is 0 Å². The number of para-hydroxylation sites is 1. The van der Waals surface area contributed by atoms with Gasteiger partial charge in [-0.1, -0.05) is 11.2 Å². The molecule has 2 N–H and O–H groups in total. The maximum Gasteiger partial charge on any atom is 0.305 e. The summed E-state index contributed by atoms with van der Waals surface area (Å²) >= 11 is 0. The number of benzene rings is 1. The minimum Gasteiger partial charge on any atom is -0.380 e. The van der Waals surface area contributed by atoms with Gasteiger partial charge in [-0.15, -0.1) is 0 Å². The van der Waals surface area contributed by atoms with Crippen LogP contribution in [0.25, 0.3) is 0 Å². The van der Waals surface area contributed by atoms with Crippen LogP contribution in [-0.2, 0) is 0 Å². The summed E-state index contributed by atoms with van der Waals surface area (Å²) in [5, 5.41) is 20.2. The number of nitrogens with zero attached hydrogens (tertiary/aromatic N) is 2. The number of aromatic nitrogens is 1. The van der Waals surface area contributed by atoms with Crippen LogP contribution in [0, 0.1) is 17.0 Å². The van der Waals surface area contributed by atoms with Crippen LogP contribution in [0.1, 0.15) is 23.0 Å². The summed E-state index contributed by atoms with van der Waals surface area (Å²) in [4.78, 5) is 22.8. The molecule has 0 saturated carbocycles. The van der Waals surface area contributed by atoms with Gasteiger partial charge in [0.25, 0.3) is 5.91 Å². The fourth-order valence-corrected chi connectivity index (χ4v) is 1.87. The van der Waals surface area contributed by atoms with Crippen molar-refractivity contribution >= 4 is 23.1 Å². The predicted molar refractivity (Wildman–Crippen MR) is 76.5 cm³/mol. The van der Waals surface area contributed by atoms with E-state index in [-0.39, 0.29) is 17.1 Å². The highest BCUT2D eigenvalue weighted by Crippen LogP contribution is 2.29. The average Bonchev–Trinajstić information content (AvgIpc) is 2.84. The first-order valence-electron chi connectivity index (χ1n) is 6.29. The first kappa shape index (κ1) is 14.5. The second kappa shape index (κ2) is 6.04. The molecule has 0 saturated heterocycles. The number of carbonyl (C=O) groups excluding carboxylic acids is 1. The van der Waals surface area contributed by atoms with E-state index >= 15 is 0 Å². The lowest BCUT2D eigenvalue weighted by atomic mass is 10.1. The lowest BCUT2D eigenvalue weighted by molar-refractivity contribution is -0.384. The molecule has 8 nitrogen and oxygen atoms in total. The fourth-order valence-electron chi connectivity index (χ4n) is 1.87. The molecule has 0 spiro atoms. The van der Waals surface area contributed by atoms with E-state index in [1.807, 2.05) is 6.92 Å². The molecule has 0 radical (unpaired) electrons. The number of anilines is 2. The van der Waals surface area contributed by atoms with Gasteiger partial charge in [0, 0.05) is 12.6 Å². The molecule has 0 aliphatic heterocycles. The minimum absolute atomic E-state index is 0.0425. The van der Waals surface area contributed by atoms with Crippen molar-refractivity contribution < 1.29 is 14.2 Å². The molecule has 0 atom stereocenters. The molecular weight excluding hydrogens is 276 g/mol. The van der Waals surface area contributed by atoms with E-state index in [9.17, 15) is 14.9 Å². The molecule has 2 rings (SSSR count). The van der Waals surface area contributed by atoms with Crippen molar-refractivity contribution in [3.63, 3.8) is 0 Å². The SMILES string of the molecule is CCNc1cccc(C(=O)Nc2cc(C)on2)c1[N+](=O)[O-]. The summed E-state index contributed by atoms with van der Waals surface area (Å²) < 4.78 is 4.83. The Kier molecular flexibility index (Phi) is 4.17. The van der Waals surface area contributed by atoms with Gasteiger partial charge in [0.15, 0.2) is 5.82 Å². The van der Waals surface area contributed by atoms with Gasteiger partial charge in [-0.25, -0.2) is 0 Å². The molecule has 8 heteroatoms. The van der Waals surface area contributed by atoms with E-state index in [1.165, 1.54) is 12.1 Å². The average molecular weight is 290 g/mol. The van der Waals surface area contributed by atoms with Crippen molar-refractivity contribution in [3.8, 4) is 0 Å². The number of hydrogen-bond acceptors (Lipinski definition) is 6. The van der Waals surface area contributed by atoms with Crippen LogP contribution >= 0.6 is 0 Å². The Bertz CT molecular complexity index is 681. The Morgan fingerprint density at radius 1 is 1.48 bits per heavy atom. The maximum atomic E-state index is 12.2. The molecule has 21 heavy (non-hydrogen) atoms. The molecule has 0 bridgehead atoms. The molecule has 0 unspecified atom stereocenters. The van der Waals surface area contributed by atoms with E-state index in [0.29, 0.717) is 18.0 Å². The lowest BCUT2D eigenvalue weighted by Gasteiger charge is -2.08. The third-order valence-electron chi connectivity index (χ3n) is 2.70. The quantitative estimate of drug-likeness (QED) is 0.646. The summed E-state index contributed by atoms with van der Waals surface area (Å²) in [5.74, 6) is 0.122. The van der Waals surface area contributed by atoms with Gasteiger partial charge >= 0.3 is 5.69 Å². The number of nitrogens with one attached hydrogen (secondary N) is 2. The molecular formula is C13H14N4O4. The van der Waals surface area contributed by atoms with E-state index in [4.69, 9.17) is 4.52 Å². The van der Waals surface area contributed by atoms with E-state index in [1.54, 1.807) is 19.1 Å². The van der Waals surface area contributed by atoms with Gasteiger partial charge in [0.2, 0.25) is 0 Å². The molecule has 0 aliphatic rings. The Labute approximate surface area is 120 Å². The Balaban J connectivity index is 2.35. The normalized spacial score (nSPS) is 10.2. The van der Waals surface area contributed by atoms with Crippen LogP contribution in [0.15, 0.2) is 28.8 Å². The van der Waals surface area contributed by atoms with Crippen LogP contribution in [0.4, 0.5) is 17.2 Å². The third-order valence-corrected chi connectivity index (χ3v) is 2.70. The number of carbonyl (C=O) groups is 1. The number of nitro groups is 1. The lowest BCUT2D eigenvalue weighted by Crippen LogP contribution is -2.15. The van der Waals surface area contributed by atoms with E-state index < -0.39 is 10.8 Å². The van der Waals surface area contributed by atoms with Crippen molar-refractivity contribution in [2.24, 2.45) is 0 Å². The zero-order chi connectivity index (χ0) is 15.4. The summed E-state index contributed by atoms with van der Waals surface area (Å²) in [6, 6.07) is 6.05. The van der Waals surface area contributed by atoms with Crippen molar-refractivity contribution in [2.75, 3.05) is 17.2 Å². The van der Waals surface area contributed by atoms with Gasteiger partial charge in [0.05, 0.1) is 4.92 Å². The number of hydrogen-bond donors (Lipinski definition) is 2. The zero-order valence-electron chi connectivity index (χ0n) is 11.5. The first-order chi connectivity index (χ1) is 10.0. The van der Waals surface area contributed by atoms with Crippen LogP contribution in [0.2, 0.25) is 0 Å². The molecule has 2 aromatic rings. The van der Waals surface area contributed by atoms with Crippen molar-refractivity contribution in [2.45, 2.75) is 13.8 Å². The molecule has 1 amide bonds. The van der Waals surface area contributed by atoms with E-state index in [2.05, 4.69) is 15.8 Å². The number of rotatable bonds is 5. The summed E-state index contributed by atoms with van der Waals surface area (Å²) in [6.07, 6.45) is 0. The van der Waals surface area contributed by atoms with Gasteiger partial charge in [0.1, 0.15) is 17.0 Å². The topological polar surface area (TPSA) is 110 Å². The summed E-state index contributed by atoms with van der Waals surface area (Å²) in [7, 11) is 0. The van der Waals surface area contributed by atoms with Gasteiger partial charge in [-0.05, 0) is 26.0 Å². The number of aryl methyl sites for hydroxylation is 1. The van der Waals surface area contributed by atoms with Gasteiger partial charge < -0.3 is 15.2 Å². The van der Waals surface area contributed by atoms with Crippen LogP contribution in [0.3, 0.4) is 0 Å². The molecule has 1 heterocycles. The Morgan fingerprint density at radius 2 is 2.24 bits per heavy atom. The van der Waals surface area contributed by atoms with Crippen molar-refractivity contribution in [1.82, 2.24) is 5.16 Å². The monoisotopic (exact) mass is 290 g/mol. The molecule has 1 aromatic carbocycles. The van der Waals surface area contributed by atoms with Crippen LogP contribution in [-0.4, -0.2) is 22.5 Å². The smallest absolute Gasteiger partial charge is 0.305 e. The second-order valence-electron chi connectivity index (χ2n) is 4.27. The first-order valence-corrected chi connectivity index (χ1v) is 6.29. The number of nitro benzene ring substituents is 1. The molecule has 110 valence electrons. The standard InChI is InChI=1S/C13H14N4O4/c1-3-14-10-6-4-5-9(12(10)17(19)20)13(18)15-11-7-8(2)21-16-11/h4-7,14H,3H2,1-2H3,(H,15,16,18). The predicted octanol–water partition coefficient (Wildman–Crippen LogP) is 2.58. The van der Waals surface area contributed by atoms with Gasteiger partial charge in [-0.3, -0.25) is 14.9 Å². The minimum atomic E-state index is -0.616. The molecule has 1 aromatic heterocycles. The van der Waals surface area contributed by atoms with E-state index in [0.717, 1.165) is 0 Å². The maximum absolute atomic E-state index is 12.2. The number of amides is 1. The summed E-state index contributed by atoms with van der Waals surface area (Å²) in [6.45, 7) is 4.00. The Morgan fingerprint density at radius 3 is 2.81 bits per heavy atom. The highest BCUT2D eigenvalue weighted by atomic mass is 16.6. The van der Waals surface area contributed by atoms with Crippen molar-refractivity contribution in [3.05, 3.63) is 45.7 Å². The Hall–Kier alpha value is -2.90. The summed E-state index contributed by atoms with van der Waals surface area (Å²) in [5.41, 5.74) is -0.0114. The van der Waals surface area contributed by atoms with Crippen LogP contribution in [0.5, 0.6) is 0 Å². The second-order valence-corrected chi connectivity index (χ2v) is 4.27.